The van der Waals surface area contributed by atoms with Crippen LogP contribution < -0.4 is 16.0 Å². The fraction of sp³-hybridized carbons (Fsp3) is 0.394. The van der Waals surface area contributed by atoms with E-state index < -0.39 is 45.6 Å². The van der Waals surface area contributed by atoms with E-state index in [1.807, 2.05) is 0 Å². The number of hydrogen-bond donors (Lipinski definition) is 4. The molecule has 0 spiro atoms. The van der Waals surface area contributed by atoms with Gasteiger partial charge in [-0.2, -0.15) is 4.31 Å². The van der Waals surface area contributed by atoms with E-state index in [0.29, 0.717) is 50.0 Å². The van der Waals surface area contributed by atoms with Gasteiger partial charge in [0.05, 0.1) is 4.90 Å². The fourth-order valence-corrected chi connectivity index (χ4v) is 8.31. The third-order valence-corrected chi connectivity index (χ3v) is 10.8. The van der Waals surface area contributed by atoms with Crippen molar-refractivity contribution in [2.45, 2.75) is 61.0 Å². The van der Waals surface area contributed by atoms with E-state index in [-0.39, 0.29) is 22.9 Å². The van der Waals surface area contributed by atoms with Crippen LogP contribution in [0.5, 0.6) is 0 Å². The molecule has 45 heavy (non-hydrogen) atoms. The summed E-state index contributed by atoms with van der Waals surface area (Å²) in [5.41, 5.74) is 0.980. The number of rotatable bonds is 11. The van der Waals surface area contributed by atoms with Gasteiger partial charge in [0, 0.05) is 37.6 Å². The van der Waals surface area contributed by atoms with Crippen molar-refractivity contribution in [1.29, 1.82) is 0 Å². The van der Waals surface area contributed by atoms with Gasteiger partial charge in [-0.25, -0.2) is 22.0 Å². The van der Waals surface area contributed by atoms with Crippen LogP contribution in [0.2, 0.25) is 0 Å². The van der Waals surface area contributed by atoms with Crippen LogP contribution in [0.25, 0.3) is 0 Å². The molecule has 240 valence electrons. The van der Waals surface area contributed by atoms with Gasteiger partial charge in [0.15, 0.2) is 0 Å². The highest BCUT2D eigenvalue weighted by atomic mass is 32.2. The molecule has 0 aromatic heterocycles. The van der Waals surface area contributed by atoms with Crippen molar-refractivity contribution in [2.75, 3.05) is 19.6 Å². The second-order valence-electron chi connectivity index (χ2n) is 11.7. The quantitative estimate of drug-likeness (QED) is 0.245. The van der Waals surface area contributed by atoms with Crippen LogP contribution >= 0.6 is 0 Å². The number of carboxylic acid groups (broad SMARTS) is 1. The van der Waals surface area contributed by atoms with E-state index in [9.17, 15) is 31.9 Å². The highest BCUT2D eigenvalue weighted by Crippen LogP contribution is 2.33. The molecule has 2 aliphatic rings. The Balaban J connectivity index is 1.32. The van der Waals surface area contributed by atoms with Gasteiger partial charge in [0.1, 0.15) is 17.7 Å². The molecular formula is C33H38F2N4O5S. The number of carbonyl (C=O) groups is 2. The maximum atomic E-state index is 13.9. The van der Waals surface area contributed by atoms with Gasteiger partial charge in [0.25, 0.3) is 0 Å². The fourth-order valence-electron chi connectivity index (χ4n) is 6.63. The summed E-state index contributed by atoms with van der Waals surface area (Å²) in [6, 6.07) is 17.5. The normalized spacial score (nSPS) is 21.4. The molecule has 3 aromatic carbocycles. The average molecular weight is 641 g/mol. The third kappa shape index (κ3) is 7.86. The molecule has 5 rings (SSSR count). The van der Waals surface area contributed by atoms with Crippen LogP contribution in [0.3, 0.4) is 0 Å². The SMILES string of the molecule is O=C(O)NC(C(=O)N[C@H]1CCC[C@@H]1CCC1CNCCN1S(=O)(=O)c1ccccc1)C(c1ccc(F)cc1)c1ccc(F)cc1. The number of piperazine rings is 1. The number of benzene rings is 3. The van der Waals surface area contributed by atoms with Crippen LogP contribution in [0, 0.1) is 17.6 Å². The largest absolute Gasteiger partial charge is 0.465 e. The first kappa shape index (κ1) is 32.5. The predicted molar refractivity (Wildman–Crippen MR) is 165 cm³/mol. The van der Waals surface area contributed by atoms with Gasteiger partial charge < -0.3 is 21.1 Å². The Morgan fingerprint density at radius 2 is 1.53 bits per heavy atom. The first-order valence-electron chi connectivity index (χ1n) is 15.2. The Morgan fingerprint density at radius 1 is 0.911 bits per heavy atom. The zero-order valence-electron chi connectivity index (χ0n) is 24.7. The van der Waals surface area contributed by atoms with Crippen LogP contribution in [0.1, 0.15) is 49.1 Å². The van der Waals surface area contributed by atoms with Crippen molar-refractivity contribution in [1.82, 2.24) is 20.3 Å². The van der Waals surface area contributed by atoms with E-state index in [1.54, 1.807) is 34.6 Å². The highest BCUT2D eigenvalue weighted by molar-refractivity contribution is 7.89. The number of amides is 2. The molecule has 1 aliphatic heterocycles. The summed E-state index contributed by atoms with van der Waals surface area (Å²) in [6.07, 6.45) is 2.27. The molecule has 0 radical (unpaired) electrons. The van der Waals surface area contributed by atoms with Crippen LogP contribution in [0.15, 0.2) is 83.8 Å². The summed E-state index contributed by atoms with van der Waals surface area (Å²) >= 11 is 0. The lowest BCUT2D eigenvalue weighted by atomic mass is 9.84. The van der Waals surface area contributed by atoms with Crippen molar-refractivity contribution in [3.05, 3.63) is 102 Å². The summed E-state index contributed by atoms with van der Waals surface area (Å²) in [7, 11) is -3.67. The van der Waals surface area contributed by atoms with E-state index in [0.717, 1.165) is 12.8 Å². The lowest BCUT2D eigenvalue weighted by Crippen LogP contribution is -2.54. The molecule has 9 nitrogen and oxygen atoms in total. The van der Waals surface area contributed by atoms with Gasteiger partial charge >= 0.3 is 6.09 Å². The summed E-state index contributed by atoms with van der Waals surface area (Å²) in [4.78, 5) is 26.0. The predicted octanol–water partition coefficient (Wildman–Crippen LogP) is 4.46. The van der Waals surface area contributed by atoms with Crippen LogP contribution in [-0.4, -0.2) is 67.6 Å². The topological polar surface area (TPSA) is 128 Å². The summed E-state index contributed by atoms with van der Waals surface area (Å²) in [5.74, 6) is -2.30. The molecule has 1 heterocycles. The second kappa shape index (κ2) is 14.5. The van der Waals surface area contributed by atoms with Crippen molar-refractivity contribution < 1.29 is 31.9 Å². The Morgan fingerprint density at radius 3 is 2.13 bits per heavy atom. The van der Waals surface area contributed by atoms with E-state index in [4.69, 9.17) is 0 Å². The van der Waals surface area contributed by atoms with Crippen LogP contribution in [-0.2, 0) is 14.8 Å². The monoisotopic (exact) mass is 640 g/mol. The molecule has 1 saturated carbocycles. The number of halogens is 2. The first-order chi connectivity index (χ1) is 21.6. The maximum absolute atomic E-state index is 13.9. The number of carbonyl (C=O) groups excluding carboxylic acids is 1. The molecule has 4 N–H and O–H groups in total. The van der Waals surface area contributed by atoms with Gasteiger partial charge in [-0.05, 0) is 79.1 Å². The van der Waals surface area contributed by atoms with Crippen molar-refractivity contribution in [2.24, 2.45) is 5.92 Å². The van der Waals surface area contributed by atoms with Crippen molar-refractivity contribution in [3.8, 4) is 0 Å². The first-order valence-corrected chi connectivity index (χ1v) is 16.7. The lowest BCUT2D eigenvalue weighted by Gasteiger charge is -2.36. The number of hydrogen-bond acceptors (Lipinski definition) is 5. The van der Waals surface area contributed by atoms with Gasteiger partial charge in [-0.1, -0.05) is 48.9 Å². The zero-order valence-corrected chi connectivity index (χ0v) is 25.6. The van der Waals surface area contributed by atoms with E-state index in [2.05, 4.69) is 16.0 Å². The summed E-state index contributed by atoms with van der Waals surface area (Å²) in [5, 5.41) is 18.4. The van der Waals surface area contributed by atoms with Gasteiger partial charge in [0.2, 0.25) is 15.9 Å². The van der Waals surface area contributed by atoms with Gasteiger partial charge in [-0.15, -0.1) is 0 Å². The Bertz CT molecular complexity index is 1510. The molecule has 2 amide bonds. The molecule has 2 fully saturated rings. The number of nitrogens with one attached hydrogen (secondary N) is 3. The molecule has 0 bridgehead atoms. The molecule has 3 aromatic rings. The minimum absolute atomic E-state index is 0.0673. The number of sulfonamides is 1. The van der Waals surface area contributed by atoms with Gasteiger partial charge in [-0.3, -0.25) is 4.79 Å². The summed E-state index contributed by atoms with van der Waals surface area (Å²) < 4.78 is 56.1. The second-order valence-corrected chi connectivity index (χ2v) is 13.6. The summed E-state index contributed by atoms with van der Waals surface area (Å²) in [6.45, 7) is 1.45. The molecule has 1 saturated heterocycles. The minimum atomic E-state index is -3.67. The zero-order chi connectivity index (χ0) is 32.0. The smallest absolute Gasteiger partial charge is 0.405 e. The Labute approximate surface area is 262 Å². The molecular weight excluding hydrogens is 602 g/mol. The molecule has 2 unspecified atom stereocenters. The lowest BCUT2D eigenvalue weighted by molar-refractivity contribution is -0.124. The van der Waals surface area contributed by atoms with Crippen molar-refractivity contribution >= 4 is 22.0 Å². The van der Waals surface area contributed by atoms with E-state index >= 15 is 0 Å². The minimum Gasteiger partial charge on any atom is -0.465 e. The van der Waals surface area contributed by atoms with E-state index in [1.165, 1.54) is 48.5 Å². The molecule has 1 aliphatic carbocycles. The number of nitrogens with zero attached hydrogens (tertiary/aromatic N) is 1. The van der Waals surface area contributed by atoms with Crippen LogP contribution in [0.4, 0.5) is 13.6 Å². The maximum Gasteiger partial charge on any atom is 0.405 e. The van der Waals surface area contributed by atoms with Crippen molar-refractivity contribution in [3.63, 3.8) is 0 Å². The standard InChI is InChI=1S/C33H38F2N4O5S/c34-25-14-9-23(10-15-25)30(24-11-16-26(35)17-12-24)31(38-33(41)42)32(40)37-29-8-4-5-22(29)13-18-27-21-36-19-20-39(27)45(43,44)28-6-2-1-3-7-28/h1-3,6-7,9-12,14-17,22,27,29-31,36,38H,4-5,8,13,18-21H2,(H,37,40)(H,41,42)/t22-,27?,29+,31?/m1/s1. The molecule has 12 heteroatoms. The molecule has 4 atom stereocenters. The third-order valence-electron chi connectivity index (χ3n) is 8.86. The highest BCUT2D eigenvalue weighted by Gasteiger charge is 2.38. The Kier molecular flexibility index (Phi) is 10.5. The Hall–Kier alpha value is -3.87. The average Bonchev–Trinajstić information content (AvgIpc) is 3.48.